The van der Waals surface area contributed by atoms with Crippen LogP contribution in [-0.2, 0) is 9.53 Å². The van der Waals surface area contributed by atoms with E-state index < -0.39 is 5.60 Å². The van der Waals surface area contributed by atoms with Gasteiger partial charge in [0.1, 0.15) is 11.2 Å². The second-order valence-electron chi connectivity index (χ2n) is 7.95. The van der Waals surface area contributed by atoms with E-state index in [4.69, 9.17) is 20.8 Å². The molecular formula is C20H25ClN2O4. The molecule has 6 nitrogen and oxygen atoms in total. The predicted molar refractivity (Wildman–Crippen MR) is 103 cm³/mol. The molecule has 0 radical (unpaired) electrons. The molecule has 0 spiro atoms. The van der Waals surface area contributed by atoms with E-state index in [-0.39, 0.29) is 23.6 Å². The minimum atomic E-state index is -0.456. The van der Waals surface area contributed by atoms with Gasteiger partial charge < -0.3 is 9.15 Å². The molecule has 1 amide bonds. The molecule has 0 unspecified atom stereocenters. The van der Waals surface area contributed by atoms with Crippen molar-refractivity contribution in [1.29, 1.82) is 0 Å². The maximum absolute atomic E-state index is 12.4. The summed E-state index contributed by atoms with van der Waals surface area (Å²) in [6.07, 6.45) is 2.08. The third-order valence-corrected chi connectivity index (χ3v) is 4.69. The molecule has 1 fully saturated rings. The molecule has 2 aromatic rings. The van der Waals surface area contributed by atoms with Gasteiger partial charge >= 0.3 is 11.9 Å². The van der Waals surface area contributed by atoms with Gasteiger partial charge in [-0.05, 0) is 63.8 Å². The van der Waals surface area contributed by atoms with Crippen LogP contribution < -0.4 is 5.43 Å². The molecule has 1 aliphatic rings. The van der Waals surface area contributed by atoms with E-state index in [0.29, 0.717) is 30.1 Å². The highest BCUT2D eigenvalue weighted by atomic mass is 35.5. The number of amides is 1. The monoisotopic (exact) mass is 392 g/mol. The highest BCUT2D eigenvalue weighted by molar-refractivity contribution is 6.31. The van der Waals surface area contributed by atoms with Crippen LogP contribution in [0.5, 0.6) is 0 Å². The van der Waals surface area contributed by atoms with Crippen molar-refractivity contribution in [2.24, 2.45) is 5.92 Å². The van der Waals surface area contributed by atoms with Crippen LogP contribution in [0.3, 0.4) is 0 Å². The zero-order valence-electron chi connectivity index (χ0n) is 15.9. The standard InChI is InChI=1S/C20H25ClN2O4/c1-20(2,3)27-18(24)10-13-6-8-23(9-7-13)22-19(25)17-12-14-11-15(21)4-5-16(14)26-17/h4-5,11-13H,6-10H2,1-3H3,(H,22,25). The average molecular weight is 393 g/mol. The number of piperidine rings is 1. The molecule has 2 heterocycles. The Hall–Kier alpha value is -2.05. The third-order valence-electron chi connectivity index (χ3n) is 4.45. The molecule has 1 aromatic heterocycles. The molecule has 1 saturated heterocycles. The molecule has 0 bridgehead atoms. The largest absolute Gasteiger partial charge is 0.460 e. The van der Waals surface area contributed by atoms with Gasteiger partial charge in [-0.25, -0.2) is 5.01 Å². The van der Waals surface area contributed by atoms with Gasteiger partial charge in [0.05, 0.1) is 0 Å². The van der Waals surface area contributed by atoms with Crippen LogP contribution >= 0.6 is 11.6 Å². The van der Waals surface area contributed by atoms with E-state index in [1.807, 2.05) is 25.8 Å². The van der Waals surface area contributed by atoms with E-state index in [0.717, 1.165) is 18.2 Å². The summed E-state index contributed by atoms with van der Waals surface area (Å²) in [6, 6.07) is 6.92. The first kappa shape index (κ1) is 19.7. The number of hydrogen-bond donors (Lipinski definition) is 1. The third kappa shape index (κ3) is 5.47. The van der Waals surface area contributed by atoms with E-state index in [1.165, 1.54) is 0 Å². The van der Waals surface area contributed by atoms with E-state index in [9.17, 15) is 9.59 Å². The highest BCUT2D eigenvalue weighted by Gasteiger charge is 2.26. The zero-order chi connectivity index (χ0) is 19.6. The molecule has 0 aliphatic carbocycles. The summed E-state index contributed by atoms with van der Waals surface area (Å²) in [5.41, 5.74) is 3.04. The lowest BCUT2D eigenvalue weighted by molar-refractivity contribution is -0.156. The number of furan rings is 1. The first-order valence-electron chi connectivity index (χ1n) is 9.16. The van der Waals surface area contributed by atoms with Crippen molar-refractivity contribution in [1.82, 2.24) is 10.4 Å². The molecule has 0 atom stereocenters. The SMILES string of the molecule is CC(C)(C)OC(=O)CC1CCN(NC(=O)c2cc3cc(Cl)ccc3o2)CC1. The number of nitrogens with one attached hydrogen (secondary N) is 1. The Labute approximate surface area is 163 Å². The Morgan fingerprint density at radius 3 is 2.63 bits per heavy atom. The second-order valence-corrected chi connectivity index (χ2v) is 8.39. The van der Waals surface area contributed by atoms with Crippen LogP contribution in [0.1, 0.15) is 50.6 Å². The molecule has 0 saturated carbocycles. The minimum Gasteiger partial charge on any atom is -0.460 e. The van der Waals surface area contributed by atoms with E-state index >= 15 is 0 Å². The number of ether oxygens (including phenoxy) is 1. The van der Waals surface area contributed by atoms with Crippen molar-refractivity contribution in [2.75, 3.05) is 13.1 Å². The van der Waals surface area contributed by atoms with Gasteiger partial charge in [0.15, 0.2) is 5.76 Å². The number of esters is 1. The quantitative estimate of drug-likeness (QED) is 0.790. The normalized spacial score (nSPS) is 16.4. The lowest BCUT2D eigenvalue weighted by Crippen LogP contribution is -2.46. The summed E-state index contributed by atoms with van der Waals surface area (Å²) < 4.78 is 11.0. The van der Waals surface area contributed by atoms with Crippen molar-refractivity contribution in [3.05, 3.63) is 35.0 Å². The van der Waals surface area contributed by atoms with Crippen LogP contribution in [0.4, 0.5) is 0 Å². The van der Waals surface area contributed by atoms with Crippen molar-refractivity contribution in [3.63, 3.8) is 0 Å². The lowest BCUT2D eigenvalue weighted by Gasteiger charge is -2.31. The number of benzene rings is 1. The number of hydrazine groups is 1. The highest BCUT2D eigenvalue weighted by Crippen LogP contribution is 2.24. The molecule has 3 rings (SSSR count). The summed E-state index contributed by atoms with van der Waals surface area (Å²) in [5.74, 6) is 0.0864. The Bertz CT molecular complexity index is 832. The fourth-order valence-electron chi connectivity index (χ4n) is 3.19. The average Bonchev–Trinajstić information content (AvgIpc) is 2.98. The van der Waals surface area contributed by atoms with Crippen LogP contribution in [-0.4, -0.2) is 35.6 Å². The van der Waals surface area contributed by atoms with Crippen LogP contribution in [0.2, 0.25) is 5.02 Å². The fourth-order valence-corrected chi connectivity index (χ4v) is 3.37. The molecular weight excluding hydrogens is 368 g/mol. The Morgan fingerprint density at radius 2 is 1.96 bits per heavy atom. The number of carbonyl (C=O) groups excluding carboxylic acids is 2. The number of fused-ring (bicyclic) bond motifs is 1. The predicted octanol–water partition coefficient (Wildman–Crippen LogP) is 4.17. The summed E-state index contributed by atoms with van der Waals surface area (Å²) >= 11 is 5.96. The Morgan fingerprint density at radius 1 is 1.26 bits per heavy atom. The van der Waals surface area contributed by atoms with Crippen LogP contribution in [0.15, 0.2) is 28.7 Å². The molecule has 27 heavy (non-hydrogen) atoms. The summed E-state index contributed by atoms with van der Waals surface area (Å²) in [6.45, 7) is 6.98. The maximum Gasteiger partial charge on any atom is 0.306 e. The van der Waals surface area contributed by atoms with Crippen molar-refractivity contribution in [3.8, 4) is 0 Å². The van der Waals surface area contributed by atoms with Gasteiger partial charge in [-0.1, -0.05) is 11.6 Å². The molecule has 1 aliphatic heterocycles. The number of hydrogen-bond acceptors (Lipinski definition) is 5. The summed E-state index contributed by atoms with van der Waals surface area (Å²) in [4.78, 5) is 24.4. The van der Waals surface area contributed by atoms with Crippen molar-refractivity contribution in [2.45, 2.75) is 45.6 Å². The number of nitrogens with zero attached hydrogens (tertiary/aromatic N) is 1. The second kappa shape index (κ2) is 7.90. The van der Waals surface area contributed by atoms with Gasteiger partial charge in [0.25, 0.3) is 0 Å². The number of halogens is 1. The van der Waals surface area contributed by atoms with E-state index in [1.54, 1.807) is 24.3 Å². The van der Waals surface area contributed by atoms with Gasteiger partial charge in [-0.2, -0.15) is 0 Å². The number of rotatable bonds is 4. The number of carbonyl (C=O) groups is 2. The maximum atomic E-state index is 12.4. The molecule has 146 valence electrons. The lowest BCUT2D eigenvalue weighted by atomic mass is 9.94. The zero-order valence-corrected chi connectivity index (χ0v) is 16.6. The van der Waals surface area contributed by atoms with Crippen molar-refractivity contribution < 1.29 is 18.7 Å². The van der Waals surface area contributed by atoms with Gasteiger partial charge in [0.2, 0.25) is 0 Å². The van der Waals surface area contributed by atoms with Gasteiger partial charge in [0, 0.05) is 29.9 Å². The topological polar surface area (TPSA) is 71.8 Å². The van der Waals surface area contributed by atoms with Crippen LogP contribution in [0, 0.1) is 5.92 Å². The van der Waals surface area contributed by atoms with Gasteiger partial charge in [-0.15, -0.1) is 0 Å². The first-order valence-corrected chi connectivity index (χ1v) is 9.54. The van der Waals surface area contributed by atoms with Crippen molar-refractivity contribution >= 4 is 34.4 Å². The molecule has 7 heteroatoms. The fraction of sp³-hybridized carbons (Fsp3) is 0.500. The summed E-state index contributed by atoms with van der Waals surface area (Å²) in [7, 11) is 0. The molecule has 1 aromatic carbocycles. The molecule has 1 N–H and O–H groups in total. The summed E-state index contributed by atoms with van der Waals surface area (Å²) in [5, 5.41) is 3.26. The first-order chi connectivity index (χ1) is 12.7. The Balaban J connectivity index is 1.49. The minimum absolute atomic E-state index is 0.161. The van der Waals surface area contributed by atoms with Crippen LogP contribution in [0.25, 0.3) is 11.0 Å². The van der Waals surface area contributed by atoms with E-state index in [2.05, 4.69) is 5.43 Å². The van der Waals surface area contributed by atoms with Gasteiger partial charge in [-0.3, -0.25) is 15.0 Å². The smallest absolute Gasteiger partial charge is 0.306 e. The Kier molecular flexibility index (Phi) is 5.77.